The molecule has 156 valence electrons. The van der Waals surface area contributed by atoms with E-state index < -0.39 is 36.7 Å². The molecule has 1 N–H and O–H groups in total. The maximum absolute atomic E-state index is 12.8. The molecule has 2 aromatic rings. The molecule has 5 atom stereocenters. The molecule has 9 heteroatoms. The number of hydrogen-bond acceptors (Lipinski definition) is 6. The van der Waals surface area contributed by atoms with E-state index in [1.807, 2.05) is 60.7 Å². The normalized spacial score (nSPS) is 28.2. The molecule has 0 aromatic heterocycles. The van der Waals surface area contributed by atoms with Crippen LogP contribution in [-0.4, -0.2) is 53.5 Å². The van der Waals surface area contributed by atoms with E-state index in [0.717, 1.165) is 11.1 Å². The van der Waals surface area contributed by atoms with Crippen LogP contribution in [0.1, 0.15) is 17.4 Å². The molecule has 0 bridgehead atoms. The summed E-state index contributed by atoms with van der Waals surface area (Å²) in [7, 11) is 0. The molecule has 2 aliphatic heterocycles. The second kappa shape index (κ2) is 9.15. The number of piperidine rings is 1. The predicted octanol–water partition coefficient (Wildman–Crippen LogP) is 3.16. The summed E-state index contributed by atoms with van der Waals surface area (Å²) in [5.41, 5.74) is 10.6. The molecular formula is C21H22N4O5. The maximum atomic E-state index is 12.8. The molecule has 0 spiro atoms. The highest BCUT2D eigenvalue weighted by Crippen LogP contribution is 2.35. The molecule has 2 heterocycles. The van der Waals surface area contributed by atoms with Gasteiger partial charge >= 0.3 is 6.09 Å². The summed E-state index contributed by atoms with van der Waals surface area (Å²) in [6.45, 7) is 0.230. The van der Waals surface area contributed by atoms with Crippen LogP contribution in [0.5, 0.6) is 0 Å². The lowest BCUT2D eigenvalue weighted by atomic mass is 9.91. The van der Waals surface area contributed by atoms with Crippen molar-refractivity contribution in [3.05, 3.63) is 82.2 Å². The number of benzene rings is 2. The van der Waals surface area contributed by atoms with Crippen LogP contribution in [0.15, 0.2) is 65.8 Å². The maximum Gasteiger partial charge on any atom is 0.410 e. The molecular weight excluding hydrogens is 388 g/mol. The van der Waals surface area contributed by atoms with Crippen LogP contribution in [0.25, 0.3) is 10.4 Å². The predicted molar refractivity (Wildman–Crippen MR) is 106 cm³/mol. The third-order valence-electron chi connectivity index (χ3n) is 5.29. The van der Waals surface area contributed by atoms with Crippen molar-refractivity contribution in [2.24, 2.45) is 5.11 Å². The number of aliphatic hydroxyl groups excluding tert-OH is 1. The highest BCUT2D eigenvalue weighted by molar-refractivity contribution is 5.68. The quantitative estimate of drug-likeness (QED) is 0.472. The Hall–Kier alpha value is -3.10. The lowest BCUT2D eigenvalue weighted by Crippen LogP contribution is -2.66. The average Bonchev–Trinajstić information content (AvgIpc) is 2.80. The van der Waals surface area contributed by atoms with E-state index in [1.165, 1.54) is 4.90 Å². The zero-order chi connectivity index (χ0) is 20.9. The van der Waals surface area contributed by atoms with Crippen LogP contribution >= 0.6 is 0 Å². The smallest absolute Gasteiger partial charge is 0.410 e. The van der Waals surface area contributed by atoms with Gasteiger partial charge in [0.1, 0.15) is 6.61 Å². The highest BCUT2D eigenvalue weighted by atomic mass is 16.7. The Morgan fingerprint density at radius 3 is 2.60 bits per heavy atom. The van der Waals surface area contributed by atoms with Gasteiger partial charge in [0.15, 0.2) is 6.29 Å². The van der Waals surface area contributed by atoms with Gasteiger partial charge in [0.05, 0.1) is 37.4 Å². The number of azide groups is 1. The number of likely N-dealkylation sites (tertiary alicyclic amines) is 1. The molecule has 4 rings (SSSR count). The van der Waals surface area contributed by atoms with Gasteiger partial charge < -0.3 is 19.3 Å². The van der Waals surface area contributed by atoms with E-state index >= 15 is 0 Å². The molecule has 2 aromatic carbocycles. The number of hydrogen-bond donors (Lipinski definition) is 1. The van der Waals surface area contributed by atoms with Gasteiger partial charge in [-0.3, -0.25) is 4.90 Å². The molecule has 0 saturated carbocycles. The lowest BCUT2D eigenvalue weighted by molar-refractivity contribution is -0.262. The lowest BCUT2D eigenvalue weighted by Gasteiger charge is -2.49. The van der Waals surface area contributed by atoms with Crippen LogP contribution in [0.3, 0.4) is 0 Å². The first-order valence-corrected chi connectivity index (χ1v) is 9.69. The average molecular weight is 410 g/mol. The van der Waals surface area contributed by atoms with Gasteiger partial charge in [-0.15, -0.1) is 0 Å². The van der Waals surface area contributed by atoms with Crippen molar-refractivity contribution in [3.63, 3.8) is 0 Å². The van der Waals surface area contributed by atoms with E-state index in [1.54, 1.807) is 0 Å². The Morgan fingerprint density at radius 1 is 1.20 bits per heavy atom. The third kappa shape index (κ3) is 4.24. The Morgan fingerprint density at radius 2 is 1.90 bits per heavy atom. The van der Waals surface area contributed by atoms with Gasteiger partial charge in [-0.05, 0) is 11.1 Å². The number of carbonyl (C=O) groups is 1. The molecule has 0 radical (unpaired) electrons. The first-order valence-electron chi connectivity index (χ1n) is 9.69. The summed E-state index contributed by atoms with van der Waals surface area (Å²) in [6, 6.07) is 17.3. The molecule has 2 saturated heterocycles. The first-order chi connectivity index (χ1) is 14.7. The SMILES string of the molecule is [N-]=[N+]=N[C@@H]1[C@@H]2O[C@H](c3ccccc3)OC[C@H]2N(C(=O)OCc2ccccc2)C[C@H]1O. The Kier molecular flexibility index (Phi) is 6.15. The van der Waals surface area contributed by atoms with Crippen molar-refractivity contribution in [3.8, 4) is 0 Å². The molecule has 30 heavy (non-hydrogen) atoms. The topological polar surface area (TPSA) is 117 Å². The van der Waals surface area contributed by atoms with Crippen molar-refractivity contribution < 1.29 is 24.1 Å². The zero-order valence-corrected chi connectivity index (χ0v) is 16.2. The van der Waals surface area contributed by atoms with Crippen molar-refractivity contribution in [1.82, 2.24) is 4.90 Å². The number of ether oxygens (including phenoxy) is 3. The largest absolute Gasteiger partial charge is 0.445 e. The van der Waals surface area contributed by atoms with Crippen molar-refractivity contribution in [1.29, 1.82) is 0 Å². The minimum Gasteiger partial charge on any atom is -0.445 e. The monoisotopic (exact) mass is 410 g/mol. The van der Waals surface area contributed by atoms with Gasteiger partial charge in [0.25, 0.3) is 0 Å². The van der Waals surface area contributed by atoms with E-state index in [9.17, 15) is 9.90 Å². The minimum atomic E-state index is -1.08. The number of rotatable bonds is 4. The standard InChI is InChI=1S/C21H22N4O5/c22-24-23-18-17(26)11-25(21(27)29-12-14-7-3-1-4-8-14)16-13-28-20(30-19(16)18)15-9-5-2-6-10-15/h1-10,16-20,26H,11-13H2/t16-,17-,18+,19-,20-/m1/s1. The van der Waals surface area contributed by atoms with E-state index in [0.29, 0.717) is 0 Å². The molecule has 0 aliphatic carbocycles. The summed E-state index contributed by atoms with van der Waals surface area (Å²) >= 11 is 0. The fraction of sp³-hybridized carbons (Fsp3) is 0.381. The number of nitrogens with zero attached hydrogens (tertiary/aromatic N) is 4. The van der Waals surface area contributed by atoms with E-state index in [-0.39, 0.29) is 19.8 Å². The minimum absolute atomic E-state index is 0.0405. The summed E-state index contributed by atoms with van der Waals surface area (Å²) in [4.78, 5) is 17.0. The van der Waals surface area contributed by atoms with Gasteiger partial charge in [0, 0.05) is 10.5 Å². The number of aliphatic hydroxyl groups is 1. The second-order valence-corrected chi connectivity index (χ2v) is 7.20. The zero-order valence-electron chi connectivity index (χ0n) is 16.2. The van der Waals surface area contributed by atoms with Gasteiger partial charge in [-0.25, -0.2) is 4.79 Å². The van der Waals surface area contributed by atoms with Crippen LogP contribution in [0.2, 0.25) is 0 Å². The third-order valence-corrected chi connectivity index (χ3v) is 5.29. The highest BCUT2D eigenvalue weighted by Gasteiger charge is 2.49. The number of amides is 1. The fourth-order valence-electron chi connectivity index (χ4n) is 3.79. The molecule has 1 amide bonds. The van der Waals surface area contributed by atoms with Crippen molar-refractivity contribution >= 4 is 6.09 Å². The van der Waals surface area contributed by atoms with Crippen LogP contribution < -0.4 is 0 Å². The van der Waals surface area contributed by atoms with Gasteiger partial charge in [0.2, 0.25) is 0 Å². The van der Waals surface area contributed by atoms with E-state index in [4.69, 9.17) is 19.7 Å². The van der Waals surface area contributed by atoms with E-state index in [2.05, 4.69) is 10.0 Å². The number of carbonyl (C=O) groups excluding carboxylic acids is 1. The molecule has 9 nitrogen and oxygen atoms in total. The summed E-state index contributed by atoms with van der Waals surface area (Å²) in [5.74, 6) is 0. The Bertz CT molecular complexity index is 906. The molecule has 2 aliphatic rings. The van der Waals surface area contributed by atoms with Gasteiger partial charge in [-0.2, -0.15) is 0 Å². The first kappa shape index (κ1) is 20.2. The Labute approximate surface area is 173 Å². The number of fused-ring (bicyclic) bond motifs is 1. The second-order valence-electron chi connectivity index (χ2n) is 7.20. The number of β-amino-alcohol motifs (C(OH)–C–C–N with tert-alkyl or cyclic N) is 1. The summed E-state index contributed by atoms with van der Waals surface area (Å²) in [6.07, 6.45) is -3.08. The fourth-order valence-corrected chi connectivity index (χ4v) is 3.79. The molecule has 2 fully saturated rings. The van der Waals surface area contributed by atoms with Gasteiger partial charge in [-0.1, -0.05) is 65.8 Å². The summed E-state index contributed by atoms with van der Waals surface area (Å²) in [5, 5.41) is 14.3. The Balaban J connectivity index is 1.51. The van der Waals surface area contributed by atoms with Crippen molar-refractivity contribution in [2.75, 3.05) is 13.2 Å². The van der Waals surface area contributed by atoms with Crippen molar-refractivity contribution in [2.45, 2.75) is 37.2 Å². The van der Waals surface area contributed by atoms with Crippen LogP contribution in [0.4, 0.5) is 4.79 Å². The van der Waals surface area contributed by atoms with Crippen LogP contribution in [0, 0.1) is 0 Å². The van der Waals surface area contributed by atoms with Crippen LogP contribution in [-0.2, 0) is 20.8 Å². The molecule has 0 unspecified atom stereocenters. The summed E-state index contributed by atoms with van der Waals surface area (Å²) < 4.78 is 17.3.